The van der Waals surface area contributed by atoms with Gasteiger partial charge in [0.05, 0.1) is 33.1 Å². The van der Waals surface area contributed by atoms with Crippen LogP contribution < -0.4 is 9.80 Å². The number of hydrogen-bond acceptors (Lipinski definition) is 2. The molecule has 0 saturated heterocycles. The van der Waals surface area contributed by atoms with Crippen LogP contribution in [0.25, 0.3) is 98.4 Å². The molecule has 11 aromatic carbocycles. The van der Waals surface area contributed by atoms with Gasteiger partial charge >= 0.3 is 0 Å². The summed E-state index contributed by atoms with van der Waals surface area (Å²) in [5, 5.41) is 10.1. The Balaban J connectivity index is 0.947. The molecule has 0 unspecified atom stereocenters. The maximum atomic E-state index is 2.54. The third-order valence-corrected chi connectivity index (χ3v) is 14.7. The fraction of sp³-hybridized carbons (Fsp3) is 0. The first kappa shape index (κ1) is 38.7. The molecule has 4 heteroatoms. The lowest BCUT2D eigenvalue weighted by atomic mass is 10.0. The molecule has 0 fully saturated rings. The van der Waals surface area contributed by atoms with Crippen molar-refractivity contribution in [3.63, 3.8) is 0 Å². The lowest BCUT2D eigenvalue weighted by Gasteiger charge is -2.26. The first-order chi connectivity index (χ1) is 34.7. The fourth-order valence-corrected chi connectivity index (χ4v) is 11.7. The molecule has 0 aliphatic carbocycles. The molecule has 15 aromatic rings. The summed E-state index contributed by atoms with van der Waals surface area (Å²) in [7, 11) is 0. The van der Waals surface area contributed by atoms with Gasteiger partial charge in [0.25, 0.3) is 0 Å². The first-order valence-corrected chi connectivity index (χ1v) is 24.1. The zero-order valence-corrected chi connectivity index (χ0v) is 38.0. The van der Waals surface area contributed by atoms with Crippen LogP contribution in [0.4, 0.5) is 34.1 Å². The van der Waals surface area contributed by atoms with Gasteiger partial charge in [0.2, 0.25) is 0 Å². The average molecular weight is 891 g/mol. The molecule has 4 nitrogen and oxygen atoms in total. The lowest BCUT2D eigenvalue weighted by Crippen LogP contribution is -2.10. The van der Waals surface area contributed by atoms with Gasteiger partial charge in [-0.2, -0.15) is 0 Å². The van der Waals surface area contributed by atoms with Gasteiger partial charge in [-0.3, -0.25) is 0 Å². The molecule has 0 amide bonds. The molecule has 4 heterocycles. The highest BCUT2D eigenvalue weighted by atomic mass is 15.1. The third kappa shape index (κ3) is 5.71. The van der Waals surface area contributed by atoms with Crippen LogP contribution in [-0.4, -0.2) is 8.80 Å². The topological polar surface area (TPSA) is 15.3 Å². The van der Waals surface area contributed by atoms with Gasteiger partial charge < -0.3 is 18.6 Å². The Hall–Kier alpha value is -9.38. The summed E-state index contributed by atoms with van der Waals surface area (Å²) in [5.74, 6) is 0. The monoisotopic (exact) mass is 890 g/mol. The Bertz CT molecular complexity index is 4170. The Morgan fingerprint density at radius 1 is 0.200 bits per heavy atom. The predicted octanol–water partition coefficient (Wildman–Crippen LogP) is 18.3. The van der Waals surface area contributed by atoms with Crippen molar-refractivity contribution in [1.29, 1.82) is 0 Å². The van der Waals surface area contributed by atoms with Crippen LogP contribution in [0, 0.1) is 0 Å². The summed E-state index contributed by atoms with van der Waals surface area (Å²) in [6, 6.07) is 93.3. The standard InChI is InChI=1S/C66H42N4/c1-5-17-43(18-6-1)45-21-13-27-49(37-45)67(47-23-9-3-10-24-47)51-33-35-53-55-29-15-31-57-59-42-64-60(41-63(59)69(65(55)57)61(53)39-51)58-32-16-30-56-54-36-34-52(40-62(54)70(64)66(56)58)68(48-25-11-4-12-26-48)50-28-14-22-46(38-50)44-19-7-2-8-20-44/h1-42H. The smallest absolute Gasteiger partial charge is 0.0620 e. The van der Waals surface area contributed by atoms with E-state index in [1.54, 1.807) is 0 Å². The summed E-state index contributed by atoms with van der Waals surface area (Å²) in [4.78, 5) is 4.78. The van der Waals surface area contributed by atoms with E-state index in [1.165, 1.54) is 98.4 Å². The molecular formula is C66H42N4. The van der Waals surface area contributed by atoms with E-state index in [0.29, 0.717) is 0 Å². The summed E-state index contributed by atoms with van der Waals surface area (Å²) in [6.45, 7) is 0. The SMILES string of the molecule is c1ccc(-c2cccc(N(c3ccccc3)c3ccc4c5cccc6c7cc8c(cc7n(c4c3)c56)c3cccc4c5ccc(N(c6ccccc6)c6cccc(-c7ccccc7)c6)cc5n8c43)c2)cc1. The van der Waals surface area contributed by atoms with Crippen LogP contribution in [0.15, 0.2) is 255 Å². The van der Waals surface area contributed by atoms with Gasteiger partial charge in [0, 0.05) is 77.2 Å². The largest absolute Gasteiger partial charge is 0.310 e. The van der Waals surface area contributed by atoms with Crippen molar-refractivity contribution in [2.45, 2.75) is 0 Å². The maximum absolute atomic E-state index is 2.54. The van der Waals surface area contributed by atoms with Gasteiger partial charge in [-0.25, -0.2) is 0 Å². The molecule has 0 atom stereocenters. The van der Waals surface area contributed by atoms with Crippen LogP contribution in [0.5, 0.6) is 0 Å². The molecule has 15 rings (SSSR count). The normalized spacial score (nSPS) is 12.0. The number of rotatable bonds is 8. The van der Waals surface area contributed by atoms with Crippen molar-refractivity contribution in [2.24, 2.45) is 0 Å². The minimum atomic E-state index is 1.11. The molecule has 0 saturated carbocycles. The van der Waals surface area contributed by atoms with Crippen molar-refractivity contribution in [2.75, 3.05) is 9.80 Å². The van der Waals surface area contributed by atoms with Crippen LogP contribution >= 0.6 is 0 Å². The average Bonchev–Trinajstić information content (AvgIpc) is 4.15. The summed E-state index contributed by atoms with van der Waals surface area (Å²) in [6.07, 6.45) is 0. The van der Waals surface area contributed by atoms with Crippen molar-refractivity contribution in [1.82, 2.24) is 8.80 Å². The van der Waals surface area contributed by atoms with Gasteiger partial charge in [0.15, 0.2) is 0 Å². The van der Waals surface area contributed by atoms with Crippen molar-refractivity contribution in [3.8, 4) is 22.3 Å². The van der Waals surface area contributed by atoms with E-state index in [-0.39, 0.29) is 0 Å². The number of aromatic nitrogens is 2. The predicted molar refractivity (Wildman–Crippen MR) is 296 cm³/mol. The van der Waals surface area contributed by atoms with E-state index in [1.807, 2.05) is 0 Å². The Labute approximate surface area is 404 Å². The molecule has 0 bridgehead atoms. The van der Waals surface area contributed by atoms with Crippen LogP contribution in [-0.2, 0) is 0 Å². The Kier molecular flexibility index (Phi) is 8.33. The first-order valence-electron chi connectivity index (χ1n) is 24.1. The molecule has 326 valence electrons. The number of fused-ring (bicyclic) bond motifs is 12. The Morgan fingerprint density at radius 2 is 0.514 bits per heavy atom. The van der Waals surface area contributed by atoms with Crippen LogP contribution in [0.2, 0.25) is 0 Å². The summed E-state index contributed by atoms with van der Waals surface area (Å²) in [5.41, 5.74) is 18.8. The molecule has 0 N–H and O–H groups in total. The Morgan fingerprint density at radius 3 is 0.929 bits per heavy atom. The van der Waals surface area contributed by atoms with Gasteiger partial charge in [0.1, 0.15) is 0 Å². The highest BCUT2D eigenvalue weighted by Crippen LogP contribution is 2.47. The van der Waals surface area contributed by atoms with E-state index in [0.717, 1.165) is 34.1 Å². The second kappa shape index (κ2) is 15.1. The van der Waals surface area contributed by atoms with Crippen LogP contribution in [0.1, 0.15) is 0 Å². The van der Waals surface area contributed by atoms with Crippen molar-refractivity contribution < 1.29 is 0 Å². The van der Waals surface area contributed by atoms with Crippen LogP contribution in [0.3, 0.4) is 0 Å². The minimum absolute atomic E-state index is 1.11. The van der Waals surface area contributed by atoms with E-state index >= 15 is 0 Å². The van der Waals surface area contributed by atoms with Crippen molar-refractivity contribution >= 4 is 110 Å². The molecule has 0 aliphatic heterocycles. The van der Waals surface area contributed by atoms with Gasteiger partial charge in [-0.1, -0.05) is 170 Å². The number of benzene rings is 11. The number of hydrogen-bond donors (Lipinski definition) is 0. The summed E-state index contributed by atoms with van der Waals surface area (Å²) < 4.78 is 5.07. The van der Waals surface area contributed by atoms with E-state index in [2.05, 4.69) is 273 Å². The van der Waals surface area contributed by atoms with Gasteiger partial charge in [-0.15, -0.1) is 0 Å². The number of anilines is 6. The van der Waals surface area contributed by atoms with Crippen molar-refractivity contribution in [3.05, 3.63) is 255 Å². The zero-order valence-electron chi connectivity index (χ0n) is 38.0. The quantitative estimate of drug-likeness (QED) is 0.151. The molecule has 0 aliphatic rings. The van der Waals surface area contributed by atoms with E-state index in [9.17, 15) is 0 Å². The summed E-state index contributed by atoms with van der Waals surface area (Å²) >= 11 is 0. The molecular weight excluding hydrogens is 849 g/mol. The maximum Gasteiger partial charge on any atom is 0.0620 e. The van der Waals surface area contributed by atoms with Gasteiger partial charge in [-0.05, 0) is 107 Å². The van der Waals surface area contributed by atoms with E-state index in [4.69, 9.17) is 0 Å². The third-order valence-electron chi connectivity index (χ3n) is 14.7. The zero-order chi connectivity index (χ0) is 45.9. The minimum Gasteiger partial charge on any atom is -0.310 e. The number of nitrogens with zero attached hydrogens (tertiary/aromatic N) is 4. The molecule has 70 heavy (non-hydrogen) atoms. The molecule has 0 radical (unpaired) electrons. The number of para-hydroxylation sites is 4. The fourth-order valence-electron chi connectivity index (χ4n) is 11.7. The highest BCUT2D eigenvalue weighted by Gasteiger charge is 2.24. The molecule has 0 spiro atoms. The van der Waals surface area contributed by atoms with E-state index < -0.39 is 0 Å². The second-order valence-corrected chi connectivity index (χ2v) is 18.5. The highest BCUT2D eigenvalue weighted by molar-refractivity contribution is 6.29. The lowest BCUT2D eigenvalue weighted by molar-refractivity contribution is 1.28. The second-order valence-electron chi connectivity index (χ2n) is 18.5. The molecule has 4 aromatic heterocycles.